The number of aromatic nitrogens is 2. The van der Waals surface area contributed by atoms with E-state index in [2.05, 4.69) is 25.9 Å². The largest absolute Gasteiger partial charge is 0.381 e. The van der Waals surface area contributed by atoms with Crippen molar-refractivity contribution in [1.29, 1.82) is 0 Å². The van der Waals surface area contributed by atoms with Crippen LogP contribution in [0.2, 0.25) is 0 Å². The molecule has 1 fully saturated rings. The number of carbonyl (C=O) groups is 2. The third-order valence-corrected chi connectivity index (χ3v) is 5.36. The smallest absolute Gasteiger partial charge is 0.251 e. The zero-order valence-corrected chi connectivity index (χ0v) is 18.1. The summed E-state index contributed by atoms with van der Waals surface area (Å²) in [5, 5.41) is 8.65. The van der Waals surface area contributed by atoms with E-state index in [0.717, 1.165) is 0 Å². The summed E-state index contributed by atoms with van der Waals surface area (Å²) in [5.74, 6) is -0.423. The molecule has 1 aliphatic rings. The number of carbonyl (C=O) groups excluding carboxylic acids is 2. The average Bonchev–Trinajstić information content (AvgIpc) is 2.85. The second-order valence-electron chi connectivity index (χ2n) is 7.67. The first-order chi connectivity index (χ1) is 16.0. The minimum atomic E-state index is -0.336. The first-order valence-electron chi connectivity index (χ1n) is 10.6. The van der Waals surface area contributed by atoms with E-state index in [0.29, 0.717) is 60.1 Å². The number of halogens is 1. The summed E-state index contributed by atoms with van der Waals surface area (Å²) in [6, 6.07) is 12.8. The molecule has 3 aromatic rings. The molecule has 3 N–H and O–H groups in total. The molecule has 0 radical (unpaired) electrons. The fourth-order valence-corrected chi connectivity index (χ4v) is 3.59. The van der Waals surface area contributed by atoms with E-state index >= 15 is 0 Å². The summed E-state index contributed by atoms with van der Waals surface area (Å²) >= 11 is 0. The van der Waals surface area contributed by atoms with Gasteiger partial charge < -0.3 is 20.7 Å². The first kappa shape index (κ1) is 22.3. The summed E-state index contributed by atoms with van der Waals surface area (Å²) in [4.78, 5) is 33.4. The minimum Gasteiger partial charge on any atom is -0.381 e. The molecule has 170 valence electrons. The quantitative estimate of drug-likeness (QED) is 0.529. The van der Waals surface area contributed by atoms with Crippen molar-refractivity contribution in [2.45, 2.75) is 12.8 Å². The predicted molar refractivity (Wildman–Crippen MR) is 123 cm³/mol. The lowest BCUT2D eigenvalue weighted by Crippen LogP contribution is -2.28. The van der Waals surface area contributed by atoms with Crippen molar-refractivity contribution in [1.82, 2.24) is 15.3 Å². The maximum Gasteiger partial charge on any atom is 0.251 e. The van der Waals surface area contributed by atoms with Gasteiger partial charge in [-0.25, -0.2) is 14.4 Å². The SMILES string of the molecule is CNC(=O)c1cc(Nc2ccc(F)cc2)cc(-c2cc(NC(=O)C3CCOCC3)ncn2)c1. The Balaban J connectivity index is 1.61. The van der Waals surface area contributed by atoms with Gasteiger partial charge in [-0.3, -0.25) is 9.59 Å². The number of nitrogens with one attached hydrogen (secondary N) is 3. The Morgan fingerprint density at radius 3 is 2.48 bits per heavy atom. The lowest BCUT2D eigenvalue weighted by atomic mass is 9.99. The first-order valence-corrected chi connectivity index (χ1v) is 10.6. The van der Waals surface area contributed by atoms with Gasteiger partial charge in [-0.1, -0.05) is 0 Å². The minimum absolute atomic E-state index is 0.0965. The number of rotatable bonds is 6. The van der Waals surface area contributed by atoms with E-state index in [4.69, 9.17) is 4.74 Å². The Hall–Kier alpha value is -3.85. The molecular formula is C24H24FN5O3. The predicted octanol–water partition coefficient (Wildman–Crippen LogP) is 3.75. The molecule has 0 aliphatic carbocycles. The molecule has 0 bridgehead atoms. The number of nitrogens with zero attached hydrogens (tertiary/aromatic N) is 2. The maximum absolute atomic E-state index is 13.2. The Morgan fingerprint density at radius 2 is 1.76 bits per heavy atom. The third kappa shape index (κ3) is 5.69. The molecule has 2 aromatic carbocycles. The second kappa shape index (κ2) is 10.2. The Morgan fingerprint density at radius 1 is 1.00 bits per heavy atom. The molecule has 0 unspecified atom stereocenters. The summed E-state index contributed by atoms with van der Waals surface area (Å²) < 4.78 is 18.6. The van der Waals surface area contributed by atoms with Gasteiger partial charge in [-0.15, -0.1) is 0 Å². The van der Waals surface area contributed by atoms with Crippen LogP contribution in [0.4, 0.5) is 21.6 Å². The molecule has 1 aliphatic heterocycles. The van der Waals surface area contributed by atoms with Crippen molar-refractivity contribution in [3.8, 4) is 11.3 Å². The van der Waals surface area contributed by atoms with Crippen LogP contribution in [0, 0.1) is 11.7 Å². The normalized spacial score (nSPS) is 13.9. The van der Waals surface area contributed by atoms with Crippen molar-refractivity contribution in [3.63, 3.8) is 0 Å². The number of hydrogen-bond acceptors (Lipinski definition) is 6. The van der Waals surface area contributed by atoms with Gasteiger partial charge in [0.15, 0.2) is 0 Å². The molecule has 2 heterocycles. The standard InChI is InChI=1S/C24H24FN5O3/c1-26-23(31)17-10-16(11-20(12-17)29-19-4-2-18(25)3-5-19)21-13-22(28-14-27-21)30-24(32)15-6-8-33-9-7-15/h2-5,10-15,29H,6-9H2,1H3,(H,26,31)(H,27,28,30,32). The molecule has 1 saturated heterocycles. The van der Waals surface area contributed by atoms with Crippen LogP contribution < -0.4 is 16.0 Å². The van der Waals surface area contributed by atoms with Gasteiger partial charge in [0.25, 0.3) is 5.91 Å². The van der Waals surface area contributed by atoms with E-state index in [-0.39, 0.29) is 23.5 Å². The van der Waals surface area contributed by atoms with Crippen molar-refractivity contribution in [2.75, 3.05) is 30.9 Å². The highest BCUT2D eigenvalue weighted by Crippen LogP contribution is 2.27. The fraction of sp³-hybridized carbons (Fsp3) is 0.250. The molecule has 2 amide bonds. The third-order valence-electron chi connectivity index (χ3n) is 5.36. The molecule has 0 spiro atoms. The summed E-state index contributed by atoms with van der Waals surface area (Å²) in [6.45, 7) is 1.15. The Kier molecular flexibility index (Phi) is 6.89. The Labute approximate surface area is 190 Å². The number of anilines is 3. The monoisotopic (exact) mass is 449 g/mol. The van der Waals surface area contributed by atoms with Crippen LogP contribution in [0.1, 0.15) is 23.2 Å². The zero-order valence-electron chi connectivity index (χ0n) is 18.1. The van der Waals surface area contributed by atoms with Crippen molar-refractivity contribution in [3.05, 3.63) is 66.2 Å². The van der Waals surface area contributed by atoms with Gasteiger partial charge in [-0.05, 0) is 55.3 Å². The van der Waals surface area contributed by atoms with Crippen molar-refractivity contribution in [2.24, 2.45) is 5.92 Å². The molecule has 9 heteroatoms. The van der Waals surface area contributed by atoms with E-state index in [1.165, 1.54) is 18.5 Å². The number of hydrogen-bond donors (Lipinski definition) is 3. The summed E-state index contributed by atoms with van der Waals surface area (Å²) in [5.41, 5.74) is 2.92. The molecule has 4 rings (SSSR count). The van der Waals surface area contributed by atoms with Crippen LogP contribution in [0.3, 0.4) is 0 Å². The topological polar surface area (TPSA) is 105 Å². The highest BCUT2D eigenvalue weighted by Gasteiger charge is 2.22. The molecule has 33 heavy (non-hydrogen) atoms. The molecule has 1 aromatic heterocycles. The Bertz CT molecular complexity index is 1150. The fourth-order valence-electron chi connectivity index (χ4n) is 3.59. The lowest BCUT2D eigenvalue weighted by Gasteiger charge is -2.21. The highest BCUT2D eigenvalue weighted by molar-refractivity contribution is 5.97. The number of benzene rings is 2. The van der Waals surface area contributed by atoms with Crippen LogP contribution in [0.5, 0.6) is 0 Å². The van der Waals surface area contributed by atoms with Gasteiger partial charge in [-0.2, -0.15) is 0 Å². The number of amides is 2. The molecule has 8 nitrogen and oxygen atoms in total. The van der Waals surface area contributed by atoms with Gasteiger partial charge in [0, 0.05) is 54.7 Å². The van der Waals surface area contributed by atoms with E-state index < -0.39 is 0 Å². The van der Waals surface area contributed by atoms with Crippen LogP contribution in [-0.2, 0) is 9.53 Å². The van der Waals surface area contributed by atoms with Crippen molar-refractivity contribution < 1.29 is 18.7 Å². The van der Waals surface area contributed by atoms with E-state index in [1.54, 1.807) is 37.4 Å². The van der Waals surface area contributed by atoms with Gasteiger partial charge in [0.2, 0.25) is 5.91 Å². The van der Waals surface area contributed by atoms with Gasteiger partial charge >= 0.3 is 0 Å². The lowest BCUT2D eigenvalue weighted by molar-refractivity contribution is -0.122. The van der Waals surface area contributed by atoms with E-state index in [9.17, 15) is 14.0 Å². The molecular weight excluding hydrogens is 425 g/mol. The van der Waals surface area contributed by atoms with Crippen molar-refractivity contribution >= 4 is 29.0 Å². The van der Waals surface area contributed by atoms with Crippen LogP contribution >= 0.6 is 0 Å². The van der Waals surface area contributed by atoms with Gasteiger partial charge in [0.05, 0.1) is 5.69 Å². The molecule has 0 atom stereocenters. The maximum atomic E-state index is 13.2. The van der Waals surface area contributed by atoms with Crippen LogP contribution in [0.25, 0.3) is 11.3 Å². The van der Waals surface area contributed by atoms with E-state index in [1.807, 2.05) is 6.07 Å². The van der Waals surface area contributed by atoms with Gasteiger partial charge in [0.1, 0.15) is 18.0 Å². The number of ether oxygens (including phenoxy) is 1. The summed E-state index contributed by atoms with van der Waals surface area (Å²) in [6.07, 6.45) is 2.72. The van der Waals surface area contributed by atoms with Crippen LogP contribution in [-0.4, -0.2) is 42.0 Å². The molecule has 0 saturated carbocycles. The zero-order chi connectivity index (χ0) is 23.2. The average molecular weight is 449 g/mol. The van der Waals surface area contributed by atoms with Crippen LogP contribution in [0.15, 0.2) is 54.9 Å². The highest BCUT2D eigenvalue weighted by atomic mass is 19.1. The second-order valence-corrected chi connectivity index (χ2v) is 7.67. The summed E-state index contributed by atoms with van der Waals surface area (Å²) in [7, 11) is 1.55.